The smallest absolute Gasteiger partial charge is 0.193 e. The van der Waals surface area contributed by atoms with Crippen LogP contribution in [0.2, 0.25) is 0 Å². The minimum absolute atomic E-state index is 0.361. The van der Waals surface area contributed by atoms with E-state index in [0.29, 0.717) is 12.0 Å². The average molecular weight is 317 g/mol. The molecule has 1 unspecified atom stereocenters. The second-order valence-corrected chi connectivity index (χ2v) is 6.62. The molecule has 1 aromatic rings. The predicted molar refractivity (Wildman–Crippen MR) is 91.4 cm³/mol. The summed E-state index contributed by atoms with van der Waals surface area (Å²) in [4.78, 5) is 6.83. The number of benzene rings is 1. The van der Waals surface area contributed by atoms with Crippen molar-refractivity contribution in [2.24, 2.45) is 10.4 Å². The van der Waals surface area contributed by atoms with Crippen LogP contribution in [0.4, 0.5) is 0 Å². The van der Waals surface area contributed by atoms with Crippen molar-refractivity contribution in [3.8, 4) is 0 Å². The highest BCUT2D eigenvalue weighted by Crippen LogP contribution is 2.38. The van der Waals surface area contributed by atoms with Gasteiger partial charge in [0.2, 0.25) is 0 Å². The lowest BCUT2D eigenvalue weighted by Gasteiger charge is -2.25. The average Bonchev–Trinajstić information content (AvgIpc) is 3.20. The fraction of sp³-hybridized carbons (Fsp3) is 0.611. The molecule has 1 spiro atoms. The number of nitrogens with zero attached hydrogens (tertiary/aromatic N) is 2. The molecular formula is C18H27N3O2. The Bertz CT molecular complexity index is 536. The molecule has 5 heteroatoms. The Morgan fingerprint density at radius 3 is 2.74 bits per heavy atom. The van der Waals surface area contributed by atoms with E-state index in [0.717, 1.165) is 38.8 Å². The molecule has 3 rings (SSSR count). The zero-order valence-electron chi connectivity index (χ0n) is 14.2. The first kappa shape index (κ1) is 16.3. The van der Waals surface area contributed by atoms with Crippen LogP contribution in [0.1, 0.15) is 24.0 Å². The van der Waals surface area contributed by atoms with Gasteiger partial charge in [0.1, 0.15) is 0 Å². The van der Waals surface area contributed by atoms with Gasteiger partial charge in [0.05, 0.1) is 13.2 Å². The van der Waals surface area contributed by atoms with Crippen LogP contribution in [-0.4, -0.2) is 51.3 Å². The van der Waals surface area contributed by atoms with Crippen LogP contribution in [-0.2, 0) is 22.6 Å². The number of guanidine groups is 1. The van der Waals surface area contributed by atoms with Crippen molar-refractivity contribution in [2.75, 3.05) is 40.5 Å². The van der Waals surface area contributed by atoms with Crippen molar-refractivity contribution in [3.63, 3.8) is 0 Å². The van der Waals surface area contributed by atoms with Gasteiger partial charge in [-0.3, -0.25) is 4.99 Å². The van der Waals surface area contributed by atoms with Crippen molar-refractivity contribution in [1.82, 2.24) is 10.2 Å². The van der Waals surface area contributed by atoms with Gasteiger partial charge in [-0.1, -0.05) is 24.3 Å². The lowest BCUT2D eigenvalue weighted by atomic mass is 9.87. The van der Waals surface area contributed by atoms with Gasteiger partial charge in [0.15, 0.2) is 5.96 Å². The minimum Gasteiger partial charge on any atom is -0.381 e. The molecule has 1 N–H and O–H groups in total. The van der Waals surface area contributed by atoms with E-state index in [-0.39, 0.29) is 0 Å². The Morgan fingerprint density at radius 1 is 1.30 bits per heavy atom. The van der Waals surface area contributed by atoms with E-state index in [2.05, 4.69) is 39.5 Å². The topological polar surface area (TPSA) is 46.1 Å². The lowest BCUT2D eigenvalue weighted by molar-refractivity contribution is 0.156. The van der Waals surface area contributed by atoms with E-state index >= 15 is 0 Å². The molecule has 2 aliphatic heterocycles. The summed E-state index contributed by atoms with van der Waals surface area (Å²) >= 11 is 0. The van der Waals surface area contributed by atoms with E-state index < -0.39 is 0 Å². The van der Waals surface area contributed by atoms with Crippen LogP contribution in [0.15, 0.2) is 29.3 Å². The van der Waals surface area contributed by atoms with Gasteiger partial charge in [-0.25, -0.2) is 0 Å². The summed E-state index contributed by atoms with van der Waals surface area (Å²) in [5.74, 6) is 0.995. The van der Waals surface area contributed by atoms with E-state index in [1.807, 2.05) is 7.05 Å². The minimum atomic E-state index is 0.361. The van der Waals surface area contributed by atoms with E-state index in [9.17, 15) is 0 Å². The fourth-order valence-electron chi connectivity index (χ4n) is 3.52. The van der Waals surface area contributed by atoms with Crippen molar-refractivity contribution in [1.29, 1.82) is 0 Å². The van der Waals surface area contributed by atoms with Crippen molar-refractivity contribution in [3.05, 3.63) is 35.4 Å². The largest absolute Gasteiger partial charge is 0.381 e. The van der Waals surface area contributed by atoms with E-state index in [1.54, 1.807) is 7.11 Å². The molecule has 2 aliphatic rings. The number of methoxy groups -OCH3 is 1. The summed E-state index contributed by atoms with van der Waals surface area (Å²) in [7, 11) is 3.58. The standard InChI is InChI=1S/C18H27N3O2/c1-19-17(21-9-7-18(13-21)8-10-23-14-18)20-11-15-3-5-16(6-4-15)12-22-2/h3-6H,7-14H2,1-2H3,(H,19,20). The second kappa shape index (κ2) is 7.32. The summed E-state index contributed by atoms with van der Waals surface area (Å²) in [5.41, 5.74) is 2.81. The molecule has 2 heterocycles. The number of hydrogen-bond donors (Lipinski definition) is 1. The molecule has 0 aliphatic carbocycles. The highest BCUT2D eigenvalue weighted by atomic mass is 16.5. The summed E-state index contributed by atoms with van der Waals surface area (Å²) in [6, 6.07) is 8.52. The van der Waals surface area contributed by atoms with Gasteiger partial charge in [0.25, 0.3) is 0 Å². The maximum atomic E-state index is 5.61. The molecule has 0 radical (unpaired) electrons. The third kappa shape index (κ3) is 3.85. The molecule has 1 aromatic carbocycles. The van der Waals surface area contributed by atoms with Gasteiger partial charge in [-0.15, -0.1) is 0 Å². The molecular weight excluding hydrogens is 290 g/mol. The molecule has 0 bridgehead atoms. The van der Waals surface area contributed by atoms with Crippen molar-refractivity contribution < 1.29 is 9.47 Å². The Morgan fingerprint density at radius 2 is 2.09 bits per heavy atom. The zero-order valence-corrected chi connectivity index (χ0v) is 14.2. The number of ether oxygens (including phenoxy) is 2. The molecule has 2 saturated heterocycles. The molecule has 5 nitrogen and oxygen atoms in total. The predicted octanol–water partition coefficient (Wildman–Crippen LogP) is 2.02. The van der Waals surface area contributed by atoms with Gasteiger partial charge in [-0.05, 0) is 24.0 Å². The number of rotatable bonds is 4. The van der Waals surface area contributed by atoms with Crippen LogP contribution in [0.3, 0.4) is 0 Å². The van der Waals surface area contributed by atoms with Gasteiger partial charge < -0.3 is 19.7 Å². The first-order chi connectivity index (χ1) is 11.2. The second-order valence-electron chi connectivity index (χ2n) is 6.62. The molecule has 23 heavy (non-hydrogen) atoms. The summed E-state index contributed by atoms with van der Waals surface area (Å²) in [5, 5.41) is 3.49. The van der Waals surface area contributed by atoms with Gasteiger partial charge >= 0.3 is 0 Å². The normalized spacial score (nSPS) is 24.6. The Hall–Kier alpha value is -1.59. The molecule has 1 atom stereocenters. The number of nitrogens with one attached hydrogen (secondary N) is 1. The summed E-state index contributed by atoms with van der Waals surface area (Å²) < 4.78 is 10.8. The number of hydrogen-bond acceptors (Lipinski definition) is 3. The lowest BCUT2D eigenvalue weighted by Crippen LogP contribution is -2.41. The SMILES string of the molecule is CN=C(NCc1ccc(COC)cc1)N1CCC2(CCOC2)C1. The molecule has 126 valence electrons. The van der Waals surface area contributed by atoms with E-state index in [4.69, 9.17) is 9.47 Å². The highest BCUT2D eigenvalue weighted by molar-refractivity contribution is 5.80. The number of likely N-dealkylation sites (tertiary alicyclic amines) is 1. The van der Waals surface area contributed by atoms with Crippen molar-refractivity contribution in [2.45, 2.75) is 26.0 Å². The Labute approximate surface area is 138 Å². The molecule has 0 aromatic heterocycles. The molecule has 0 saturated carbocycles. The van der Waals surface area contributed by atoms with Crippen LogP contribution in [0.25, 0.3) is 0 Å². The Kier molecular flexibility index (Phi) is 5.18. The van der Waals surface area contributed by atoms with Crippen LogP contribution < -0.4 is 5.32 Å². The van der Waals surface area contributed by atoms with Gasteiger partial charge in [-0.2, -0.15) is 0 Å². The van der Waals surface area contributed by atoms with Crippen molar-refractivity contribution >= 4 is 5.96 Å². The summed E-state index contributed by atoms with van der Waals surface area (Å²) in [6.07, 6.45) is 2.39. The number of aliphatic imine (C=N–C) groups is 1. The molecule has 0 amide bonds. The van der Waals surface area contributed by atoms with E-state index in [1.165, 1.54) is 24.0 Å². The maximum absolute atomic E-state index is 5.61. The fourth-order valence-corrected chi connectivity index (χ4v) is 3.52. The van der Waals surface area contributed by atoms with Crippen LogP contribution >= 0.6 is 0 Å². The van der Waals surface area contributed by atoms with Gasteiger partial charge in [0, 0.05) is 45.8 Å². The highest BCUT2D eigenvalue weighted by Gasteiger charge is 2.42. The zero-order chi connectivity index (χ0) is 16.1. The third-order valence-corrected chi connectivity index (χ3v) is 4.92. The maximum Gasteiger partial charge on any atom is 0.193 e. The Balaban J connectivity index is 1.54. The summed E-state index contributed by atoms with van der Waals surface area (Å²) in [6.45, 7) is 5.39. The third-order valence-electron chi connectivity index (χ3n) is 4.92. The van der Waals surface area contributed by atoms with Crippen LogP contribution in [0, 0.1) is 5.41 Å². The monoisotopic (exact) mass is 317 g/mol. The van der Waals surface area contributed by atoms with Crippen LogP contribution in [0.5, 0.6) is 0 Å². The first-order valence-corrected chi connectivity index (χ1v) is 8.35. The first-order valence-electron chi connectivity index (χ1n) is 8.35. The molecule has 2 fully saturated rings. The quantitative estimate of drug-likeness (QED) is 0.682.